The second kappa shape index (κ2) is 4.45. The number of hydrogen-bond acceptors (Lipinski definition) is 6. The van der Waals surface area contributed by atoms with Crippen molar-refractivity contribution in [1.82, 2.24) is 0 Å². The number of hydrogen-bond donors (Lipinski definition) is 2. The van der Waals surface area contributed by atoms with Crippen molar-refractivity contribution < 1.29 is 24.2 Å². The van der Waals surface area contributed by atoms with E-state index in [1.807, 2.05) is 0 Å². The van der Waals surface area contributed by atoms with Crippen molar-refractivity contribution in [3.63, 3.8) is 0 Å². The number of benzene rings is 1. The summed E-state index contributed by atoms with van der Waals surface area (Å²) < 4.78 is 10.5. The summed E-state index contributed by atoms with van der Waals surface area (Å²) in [6.45, 7) is 3.04. The van der Waals surface area contributed by atoms with E-state index in [1.54, 1.807) is 6.92 Å². The van der Waals surface area contributed by atoms with Crippen LogP contribution in [0.1, 0.15) is 28.6 Å². The number of allylic oxidation sites excluding steroid dienone is 1. The average molecular weight is 302 g/mol. The van der Waals surface area contributed by atoms with E-state index in [4.69, 9.17) is 9.15 Å². The van der Waals surface area contributed by atoms with E-state index in [0.29, 0.717) is 5.76 Å². The van der Waals surface area contributed by atoms with Gasteiger partial charge in [0.15, 0.2) is 11.2 Å². The molecule has 6 nitrogen and oxygen atoms in total. The largest absolute Gasteiger partial charge is 0.506 e. The first-order chi connectivity index (χ1) is 10.3. The minimum absolute atomic E-state index is 0.0544. The maximum absolute atomic E-state index is 12.2. The number of aryl methyl sites for hydroxylation is 1. The van der Waals surface area contributed by atoms with Crippen LogP contribution in [0.5, 0.6) is 5.75 Å². The van der Waals surface area contributed by atoms with E-state index in [1.165, 1.54) is 26.2 Å². The summed E-state index contributed by atoms with van der Waals surface area (Å²) in [5, 5.41) is 20.9. The number of phenols is 1. The lowest BCUT2D eigenvalue weighted by Gasteiger charge is -2.31. The maximum atomic E-state index is 12.2. The van der Waals surface area contributed by atoms with E-state index in [0.717, 1.165) is 6.08 Å². The zero-order chi connectivity index (χ0) is 16.2. The maximum Gasteiger partial charge on any atom is 0.196 e. The quantitative estimate of drug-likeness (QED) is 0.833. The second-order valence-corrected chi connectivity index (χ2v) is 5.39. The van der Waals surface area contributed by atoms with Gasteiger partial charge in [-0.05, 0) is 19.9 Å². The SMILES string of the molecule is COC1=CC(=O)c2c(cc3oc(C)cc(=O)c3c2O)[C@]1(C)O. The van der Waals surface area contributed by atoms with Crippen LogP contribution in [0.4, 0.5) is 0 Å². The Labute approximate surface area is 125 Å². The van der Waals surface area contributed by atoms with E-state index in [2.05, 4.69) is 0 Å². The topological polar surface area (TPSA) is 97.0 Å². The molecule has 1 aliphatic carbocycles. The van der Waals surface area contributed by atoms with Gasteiger partial charge in [0.2, 0.25) is 0 Å². The zero-order valence-electron chi connectivity index (χ0n) is 12.3. The molecule has 1 heterocycles. The Bertz CT molecular complexity index is 901. The molecule has 1 aromatic heterocycles. The molecule has 0 saturated heterocycles. The van der Waals surface area contributed by atoms with Crippen LogP contribution in [0, 0.1) is 6.92 Å². The first kappa shape index (κ1) is 14.3. The summed E-state index contributed by atoms with van der Waals surface area (Å²) in [5.74, 6) is -0.615. The molecule has 114 valence electrons. The molecule has 22 heavy (non-hydrogen) atoms. The van der Waals surface area contributed by atoms with Crippen LogP contribution in [-0.2, 0) is 10.3 Å². The number of fused-ring (bicyclic) bond motifs is 2. The molecule has 1 atom stereocenters. The number of aliphatic hydroxyl groups is 1. The number of aromatic hydroxyl groups is 1. The molecule has 2 aromatic rings. The molecule has 0 fully saturated rings. The molecule has 1 aliphatic rings. The predicted octanol–water partition coefficient (Wildman–Crippen LogP) is 1.74. The number of carbonyl (C=O) groups excluding carboxylic acids is 1. The van der Waals surface area contributed by atoms with Gasteiger partial charge in [-0.3, -0.25) is 9.59 Å². The summed E-state index contributed by atoms with van der Waals surface area (Å²) in [6, 6.07) is 2.62. The van der Waals surface area contributed by atoms with Gasteiger partial charge in [-0.15, -0.1) is 0 Å². The van der Waals surface area contributed by atoms with Crippen LogP contribution < -0.4 is 5.43 Å². The van der Waals surface area contributed by atoms with Gasteiger partial charge in [-0.1, -0.05) is 0 Å². The van der Waals surface area contributed by atoms with E-state index >= 15 is 0 Å². The minimum atomic E-state index is -1.62. The van der Waals surface area contributed by atoms with Crippen molar-refractivity contribution in [3.8, 4) is 5.75 Å². The molecular formula is C16H14O6. The number of carbonyl (C=O) groups is 1. The predicted molar refractivity (Wildman–Crippen MR) is 77.9 cm³/mol. The van der Waals surface area contributed by atoms with Gasteiger partial charge in [-0.25, -0.2) is 0 Å². The summed E-state index contributed by atoms with van der Waals surface area (Å²) in [7, 11) is 1.34. The normalized spacial score (nSPS) is 20.7. The van der Waals surface area contributed by atoms with Crippen molar-refractivity contribution >= 4 is 16.8 Å². The van der Waals surface area contributed by atoms with Crippen molar-refractivity contribution in [2.75, 3.05) is 7.11 Å². The molecule has 0 unspecified atom stereocenters. The third-order valence-corrected chi connectivity index (χ3v) is 3.85. The summed E-state index contributed by atoms with van der Waals surface area (Å²) in [4.78, 5) is 24.3. The minimum Gasteiger partial charge on any atom is -0.506 e. The summed E-state index contributed by atoms with van der Waals surface area (Å²) in [6.07, 6.45) is 1.10. The lowest BCUT2D eigenvalue weighted by atomic mass is 9.82. The third kappa shape index (κ3) is 1.77. The van der Waals surface area contributed by atoms with Crippen molar-refractivity contribution in [2.45, 2.75) is 19.4 Å². The highest BCUT2D eigenvalue weighted by Gasteiger charge is 2.40. The van der Waals surface area contributed by atoms with Crippen LogP contribution in [0.3, 0.4) is 0 Å². The van der Waals surface area contributed by atoms with E-state index in [9.17, 15) is 19.8 Å². The molecule has 0 aliphatic heterocycles. The van der Waals surface area contributed by atoms with E-state index < -0.39 is 22.6 Å². The molecule has 1 aromatic carbocycles. The molecule has 0 spiro atoms. The smallest absolute Gasteiger partial charge is 0.196 e. The van der Waals surface area contributed by atoms with Gasteiger partial charge < -0.3 is 19.4 Å². The number of methoxy groups -OCH3 is 1. The highest BCUT2D eigenvalue weighted by atomic mass is 16.5. The fourth-order valence-corrected chi connectivity index (χ4v) is 2.78. The molecule has 0 saturated carbocycles. The third-order valence-electron chi connectivity index (χ3n) is 3.85. The first-order valence-electron chi connectivity index (χ1n) is 6.61. The van der Waals surface area contributed by atoms with Gasteiger partial charge in [0.05, 0.1) is 12.7 Å². The first-order valence-corrected chi connectivity index (χ1v) is 6.61. The second-order valence-electron chi connectivity index (χ2n) is 5.39. The molecule has 2 N–H and O–H groups in total. The van der Waals surface area contributed by atoms with Gasteiger partial charge in [-0.2, -0.15) is 0 Å². The number of rotatable bonds is 1. The molecule has 0 radical (unpaired) electrons. The monoisotopic (exact) mass is 302 g/mol. The Kier molecular flexibility index (Phi) is 2.90. The molecule has 0 bridgehead atoms. The number of ketones is 1. The lowest BCUT2D eigenvalue weighted by Crippen LogP contribution is -2.32. The fourth-order valence-electron chi connectivity index (χ4n) is 2.78. The standard InChI is InChI=1S/C16H14O6/c1-7-4-9(17)14-11(22-7)5-8-13(15(14)19)10(18)6-12(21-3)16(8,2)20/h4-6,19-20H,1-3H3/t16-/m0/s1. The Morgan fingerprint density at radius 1 is 1.27 bits per heavy atom. The van der Waals surface area contributed by atoms with Gasteiger partial charge in [0, 0.05) is 17.7 Å². The molecular weight excluding hydrogens is 288 g/mol. The van der Waals surface area contributed by atoms with Gasteiger partial charge in [0.25, 0.3) is 0 Å². The highest BCUT2D eigenvalue weighted by Crippen LogP contribution is 2.42. The summed E-state index contributed by atoms with van der Waals surface area (Å²) >= 11 is 0. The van der Waals surface area contributed by atoms with Crippen molar-refractivity contribution in [1.29, 1.82) is 0 Å². The Balaban J connectivity index is 2.49. The van der Waals surface area contributed by atoms with Crippen LogP contribution in [0.25, 0.3) is 11.0 Å². The van der Waals surface area contributed by atoms with Gasteiger partial charge >= 0.3 is 0 Å². The van der Waals surface area contributed by atoms with Crippen molar-refractivity contribution in [2.24, 2.45) is 0 Å². The summed E-state index contributed by atoms with van der Waals surface area (Å²) in [5.41, 5.74) is -1.95. The van der Waals surface area contributed by atoms with E-state index in [-0.39, 0.29) is 27.9 Å². The van der Waals surface area contributed by atoms with Crippen LogP contribution in [-0.4, -0.2) is 23.1 Å². The Hall–Kier alpha value is -2.60. The molecule has 3 rings (SSSR count). The average Bonchev–Trinajstić information content (AvgIpc) is 2.41. The van der Waals surface area contributed by atoms with Crippen LogP contribution >= 0.6 is 0 Å². The molecule has 6 heteroatoms. The van der Waals surface area contributed by atoms with Gasteiger partial charge in [0.1, 0.15) is 33.8 Å². The fraction of sp³-hybridized carbons (Fsp3) is 0.250. The van der Waals surface area contributed by atoms with Crippen LogP contribution in [0.15, 0.2) is 33.2 Å². The van der Waals surface area contributed by atoms with Crippen LogP contribution in [0.2, 0.25) is 0 Å². The zero-order valence-corrected chi connectivity index (χ0v) is 12.3. The molecule has 0 amide bonds. The highest BCUT2D eigenvalue weighted by molar-refractivity contribution is 6.12. The lowest BCUT2D eigenvalue weighted by molar-refractivity contribution is 0.0314. The number of ether oxygens (including phenoxy) is 1. The number of phenolic OH excluding ortho intramolecular Hbond substituents is 1. The Morgan fingerprint density at radius 2 is 1.95 bits per heavy atom. The Morgan fingerprint density at radius 3 is 2.59 bits per heavy atom. The van der Waals surface area contributed by atoms with Crippen molar-refractivity contribution in [3.05, 3.63) is 51.1 Å².